The Labute approximate surface area is 128 Å². The molecule has 0 aliphatic heterocycles. The molecule has 5 nitrogen and oxygen atoms in total. The molecular weight excluding hydrogens is 322 g/mol. The highest BCUT2D eigenvalue weighted by molar-refractivity contribution is 6.39. The number of carbonyl (C=O) groups is 2. The minimum atomic E-state index is -1.15. The molecular formula is C13H9Cl2FN2O3. The van der Waals surface area contributed by atoms with E-state index >= 15 is 0 Å². The zero-order valence-corrected chi connectivity index (χ0v) is 12.0. The fourth-order valence-corrected chi connectivity index (χ4v) is 2.30. The molecule has 0 fully saturated rings. The van der Waals surface area contributed by atoms with E-state index in [2.05, 4.69) is 5.32 Å². The summed E-state index contributed by atoms with van der Waals surface area (Å²) in [7, 11) is 0. The molecule has 110 valence electrons. The van der Waals surface area contributed by atoms with Crippen LogP contribution in [-0.4, -0.2) is 21.6 Å². The number of nitrogens with one attached hydrogen (secondary N) is 1. The number of carboxylic acids is 1. The van der Waals surface area contributed by atoms with E-state index in [0.717, 1.165) is 12.1 Å². The van der Waals surface area contributed by atoms with Crippen molar-refractivity contribution in [3.05, 3.63) is 52.0 Å². The molecule has 1 amide bonds. The molecule has 0 aliphatic carbocycles. The van der Waals surface area contributed by atoms with Crippen molar-refractivity contribution in [3.63, 3.8) is 0 Å². The van der Waals surface area contributed by atoms with Crippen LogP contribution < -0.4 is 5.32 Å². The standard InChI is InChI=1S/C13H9Cl2FN2O3/c14-8-4-7(16)5-9(15)12(8)17-11(19)6-18-3-1-2-10(18)13(20)21/h1-5H,6H2,(H,17,19)(H,20,21). The normalized spacial score (nSPS) is 10.4. The Morgan fingerprint density at radius 3 is 2.48 bits per heavy atom. The lowest BCUT2D eigenvalue weighted by Gasteiger charge is -2.11. The smallest absolute Gasteiger partial charge is 0.352 e. The van der Waals surface area contributed by atoms with E-state index in [-0.39, 0.29) is 28.0 Å². The van der Waals surface area contributed by atoms with Crippen LogP contribution in [0.25, 0.3) is 0 Å². The third kappa shape index (κ3) is 3.53. The van der Waals surface area contributed by atoms with Crippen LogP contribution in [0.1, 0.15) is 10.5 Å². The highest BCUT2D eigenvalue weighted by Gasteiger charge is 2.15. The molecule has 2 N–H and O–H groups in total. The number of halogens is 3. The number of aromatic nitrogens is 1. The van der Waals surface area contributed by atoms with Gasteiger partial charge in [-0.15, -0.1) is 0 Å². The van der Waals surface area contributed by atoms with Crippen molar-refractivity contribution < 1.29 is 19.1 Å². The molecule has 0 saturated carbocycles. The summed E-state index contributed by atoms with van der Waals surface area (Å²) in [6.45, 7) is -0.237. The first-order valence-corrected chi connectivity index (χ1v) is 6.47. The number of amides is 1. The van der Waals surface area contributed by atoms with Crippen LogP contribution in [-0.2, 0) is 11.3 Å². The predicted octanol–water partition coefficient (Wildman–Crippen LogP) is 3.27. The van der Waals surface area contributed by atoms with Gasteiger partial charge in [-0.3, -0.25) is 4.79 Å². The molecule has 1 heterocycles. The zero-order valence-electron chi connectivity index (χ0n) is 10.4. The monoisotopic (exact) mass is 330 g/mol. The van der Waals surface area contributed by atoms with E-state index in [1.165, 1.54) is 22.9 Å². The van der Waals surface area contributed by atoms with E-state index in [0.29, 0.717) is 0 Å². The van der Waals surface area contributed by atoms with Gasteiger partial charge in [-0.05, 0) is 24.3 Å². The Bertz CT molecular complexity index is 692. The number of carbonyl (C=O) groups excluding carboxylic acids is 1. The topological polar surface area (TPSA) is 71.3 Å². The van der Waals surface area contributed by atoms with E-state index in [9.17, 15) is 14.0 Å². The van der Waals surface area contributed by atoms with Gasteiger partial charge in [0.15, 0.2) is 0 Å². The van der Waals surface area contributed by atoms with E-state index < -0.39 is 17.7 Å². The van der Waals surface area contributed by atoms with Crippen molar-refractivity contribution >= 4 is 40.8 Å². The molecule has 0 spiro atoms. The van der Waals surface area contributed by atoms with Gasteiger partial charge in [0.2, 0.25) is 5.91 Å². The number of carboxylic acid groups (broad SMARTS) is 1. The lowest BCUT2D eigenvalue weighted by molar-refractivity contribution is -0.116. The van der Waals surface area contributed by atoms with Gasteiger partial charge < -0.3 is 15.0 Å². The number of rotatable bonds is 4. The van der Waals surface area contributed by atoms with Gasteiger partial charge in [-0.1, -0.05) is 23.2 Å². The molecule has 0 radical (unpaired) electrons. The number of anilines is 1. The molecule has 21 heavy (non-hydrogen) atoms. The van der Waals surface area contributed by atoms with Crippen LogP contribution in [0, 0.1) is 5.82 Å². The second-order valence-electron chi connectivity index (χ2n) is 4.12. The van der Waals surface area contributed by atoms with Crippen LogP contribution >= 0.6 is 23.2 Å². The first-order chi connectivity index (χ1) is 9.88. The van der Waals surface area contributed by atoms with Crippen LogP contribution in [0.4, 0.5) is 10.1 Å². The summed E-state index contributed by atoms with van der Waals surface area (Å²) >= 11 is 11.6. The molecule has 8 heteroatoms. The summed E-state index contributed by atoms with van der Waals surface area (Å²) < 4.78 is 14.3. The lowest BCUT2D eigenvalue weighted by Crippen LogP contribution is -2.21. The Morgan fingerprint density at radius 1 is 1.29 bits per heavy atom. The fourth-order valence-electron chi connectivity index (χ4n) is 1.74. The summed E-state index contributed by atoms with van der Waals surface area (Å²) in [5.41, 5.74) is 0.0511. The van der Waals surface area contributed by atoms with Gasteiger partial charge in [-0.25, -0.2) is 9.18 Å². The first kappa shape index (κ1) is 15.3. The Kier molecular flexibility index (Phi) is 4.50. The molecule has 0 aliphatic rings. The molecule has 0 atom stereocenters. The summed E-state index contributed by atoms with van der Waals surface area (Å²) in [5, 5.41) is 11.3. The number of nitrogens with zero attached hydrogens (tertiary/aromatic N) is 1. The maximum atomic E-state index is 13.0. The summed E-state index contributed by atoms with van der Waals surface area (Å²) in [6.07, 6.45) is 1.46. The maximum absolute atomic E-state index is 13.0. The molecule has 0 bridgehead atoms. The third-order valence-corrected chi connectivity index (χ3v) is 3.23. The van der Waals surface area contributed by atoms with Gasteiger partial charge >= 0.3 is 5.97 Å². The second kappa shape index (κ2) is 6.15. The Balaban J connectivity index is 2.16. The third-order valence-electron chi connectivity index (χ3n) is 2.63. The minimum absolute atomic E-state index is 0.0264. The largest absolute Gasteiger partial charge is 0.477 e. The van der Waals surface area contributed by atoms with Crippen molar-refractivity contribution in [2.75, 3.05) is 5.32 Å². The number of benzene rings is 1. The molecule has 0 unspecified atom stereocenters. The van der Waals surface area contributed by atoms with Crippen molar-refractivity contribution in [2.24, 2.45) is 0 Å². The molecule has 2 aromatic rings. The highest BCUT2D eigenvalue weighted by atomic mass is 35.5. The van der Waals surface area contributed by atoms with Crippen molar-refractivity contribution in [1.29, 1.82) is 0 Å². The van der Waals surface area contributed by atoms with Crippen LogP contribution in [0.3, 0.4) is 0 Å². The van der Waals surface area contributed by atoms with Crippen LogP contribution in [0.2, 0.25) is 10.0 Å². The summed E-state index contributed by atoms with van der Waals surface area (Å²) in [6, 6.07) is 4.91. The van der Waals surface area contributed by atoms with Gasteiger partial charge in [0.25, 0.3) is 0 Å². The average molecular weight is 331 g/mol. The number of hydrogen-bond donors (Lipinski definition) is 2. The van der Waals surface area contributed by atoms with Crippen LogP contribution in [0.15, 0.2) is 30.5 Å². The maximum Gasteiger partial charge on any atom is 0.352 e. The SMILES string of the molecule is O=C(Cn1cccc1C(=O)O)Nc1c(Cl)cc(F)cc1Cl. The minimum Gasteiger partial charge on any atom is -0.477 e. The van der Waals surface area contributed by atoms with Crippen LogP contribution in [0.5, 0.6) is 0 Å². The van der Waals surface area contributed by atoms with E-state index in [1.54, 1.807) is 0 Å². The highest BCUT2D eigenvalue weighted by Crippen LogP contribution is 2.31. The first-order valence-electron chi connectivity index (χ1n) is 5.71. The molecule has 1 aromatic heterocycles. The summed E-state index contributed by atoms with van der Waals surface area (Å²) in [5.74, 6) is -2.31. The van der Waals surface area contributed by atoms with Crippen molar-refractivity contribution in [1.82, 2.24) is 4.57 Å². The van der Waals surface area contributed by atoms with Crippen molar-refractivity contribution in [2.45, 2.75) is 6.54 Å². The predicted molar refractivity (Wildman–Crippen MR) is 76.4 cm³/mol. The number of hydrogen-bond acceptors (Lipinski definition) is 2. The molecule has 0 saturated heterocycles. The van der Waals surface area contributed by atoms with Gasteiger partial charge in [0.1, 0.15) is 18.1 Å². The lowest BCUT2D eigenvalue weighted by atomic mass is 10.3. The van der Waals surface area contributed by atoms with E-state index in [4.69, 9.17) is 28.3 Å². The van der Waals surface area contributed by atoms with Gasteiger partial charge in [0, 0.05) is 6.20 Å². The van der Waals surface area contributed by atoms with Crippen molar-refractivity contribution in [3.8, 4) is 0 Å². The quantitative estimate of drug-likeness (QED) is 0.903. The fraction of sp³-hybridized carbons (Fsp3) is 0.0769. The zero-order chi connectivity index (χ0) is 15.6. The Hall–Kier alpha value is -2.05. The average Bonchev–Trinajstić information content (AvgIpc) is 2.82. The number of aromatic carboxylic acids is 1. The second-order valence-corrected chi connectivity index (χ2v) is 4.93. The van der Waals surface area contributed by atoms with E-state index in [1.807, 2.05) is 0 Å². The molecule has 2 rings (SSSR count). The molecule has 1 aromatic carbocycles. The van der Waals surface area contributed by atoms with Gasteiger partial charge in [-0.2, -0.15) is 0 Å². The summed E-state index contributed by atoms with van der Waals surface area (Å²) in [4.78, 5) is 22.8. The van der Waals surface area contributed by atoms with Gasteiger partial charge in [0.05, 0.1) is 15.7 Å². The Morgan fingerprint density at radius 2 is 1.90 bits per heavy atom.